The van der Waals surface area contributed by atoms with Crippen LogP contribution >= 0.6 is 0 Å². The molecule has 116 valence electrons. The Labute approximate surface area is 128 Å². The van der Waals surface area contributed by atoms with Crippen molar-refractivity contribution in [3.63, 3.8) is 0 Å². The molecular formula is C17H25NO2S. The molecule has 1 aliphatic heterocycles. The van der Waals surface area contributed by atoms with Gasteiger partial charge >= 0.3 is 0 Å². The van der Waals surface area contributed by atoms with Crippen LogP contribution in [0.2, 0.25) is 0 Å². The van der Waals surface area contributed by atoms with Gasteiger partial charge in [-0.1, -0.05) is 49.6 Å². The highest BCUT2D eigenvalue weighted by molar-refractivity contribution is 7.91. The van der Waals surface area contributed by atoms with Gasteiger partial charge in [-0.15, -0.1) is 0 Å². The Morgan fingerprint density at radius 2 is 1.71 bits per heavy atom. The van der Waals surface area contributed by atoms with Crippen molar-refractivity contribution in [1.29, 1.82) is 0 Å². The van der Waals surface area contributed by atoms with Gasteiger partial charge in [-0.3, -0.25) is 0 Å². The molecule has 3 nitrogen and oxygen atoms in total. The predicted octanol–water partition coefficient (Wildman–Crippen LogP) is 3.08. The van der Waals surface area contributed by atoms with Gasteiger partial charge in [-0.05, 0) is 30.7 Å². The highest BCUT2D eigenvalue weighted by Gasteiger charge is 2.32. The Bertz CT molecular complexity index is 549. The van der Waals surface area contributed by atoms with Crippen LogP contribution in [0.25, 0.3) is 0 Å². The number of rotatable bonds is 4. The van der Waals surface area contributed by atoms with Crippen LogP contribution in [0.15, 0.2) is 30.3 Å². The van der Waals surface area contributed by atoms with Gasteiger partial charge in [0.2, 0.25) is 0 Å². The molecule has 21 heavy (non-hydrogen) atoms. The number of sulfone groups is 1. The Morgan fingerprint density at radius 1 is 1.00 bits per heavy atom. The molecular weight excluding hydrogens is 282 g/mol. The van der Waals surface area contributed by atoms with Gasteiger partial charge in [0.15, 0.2) is 9.84 Å². The summed E-state index contributed by atoms with van der Waals surface area (Å²) < 4.78 is 23.4. The van der Waals surface area contributed by atoms with Crippen LogP contribution in [0, 0.1) is 5.92 Å². The van der Waals surface area contributed by atoms with E-state index < -0.39 is 9.84 Å². The molecule has 0 radical (unpaired) electrons. The van der Waals surface area contributed by atoms with Crippen molar-refractivity contribution in [2.75, 3.05) is 11.5 Å². The lowest BCUT2D eigenvalue weighted by Crippen LogP contribution is -2.38. The highest BCUT2D eigenvalue weighted by Crippen LogP contribution is 2.35. The molecule has 1 aromatic rings. The summed E-state index contributed by atoms with van der Waals surface area (Å²) in [6, 6.07) is 11.0. The third-order valence-electron chi connectivity index (χ3n) is 4.93. The largest absolute Gasteiger partial charge is 0.306 e. The first-order chi connectivity index (χ1) is 10.1. The Morgan fingerprint density at radius 3 is 2.33 bits per heavy atom. The van der Waals surface area contributed by atoms with E-state index in [0.29, 0.717) is 23.5 Å². The second-order valence-electron chi connectivity index (χ2n) is 6.55. The van der Waals surface area contributed by atoms with Gasteiger partial charge < -0.3 is 5.32 Å². The summed E-state index contributed by atoms with van der Waals surface area (Å²) in [5.41, 5.74) is 1.31. The number of benzene rings is 1. The lowest BCUT2D eigenvalue weighted by Gasteiger charge is -2.33. The third-order valence-corrected chi connectivity index (χ3v) is 6.70. The molecule has 0 spiro atoms. The second kappa shape index (κ2) is 6.49. The van der Waals surface area contributed by atoms with Gasteiger partial charge in [0.05, 0.1) is 11.5 Å². The number of nitrogens with one attached hydrogen (secondary N) is 1. The molecule has 1 saturated heterocycles. The first kappa shape index (κ1) is 15.0. The molecule has 2 aliphatic rings. The molecule has 2 unspecified atom stereocenters. The fourth-order valence-corrected chi connectivity index (χ4v) is 5.50. The normalized spacial score (nSPS) is 27.5. The maximum atomic E-state index is 11.7. The monoisotopic (exact) mass is 307 g/mol. The van der Waals surface area contributed by atoms with Crippen molar-refractivity contribution in [3.8, 4) is 0 Å². The minimum Gasteiger partial charge on any atom is -0.306 e. The molecule has 2 fully saturated rings. The van der Waals surface area contributed by atoms with Gasteiger partial charge in [-0.2, -0.15) is 0 Å². The maximum absolute atomic E-state index is 11.7. The van der Waals surface area contributed by atoms with E-state index in [1.165, 1.54) is 37.7 Å². The molecule has 0 aromatic heterocycles. The number of hydrogen-bond donors (Lipinski definition) is 1. The zero-order valence-electron chi connectivity index (χ0n) is 12.5. The molecule has 0 amide bonds. The van der Waals surface area contributed by atoms with Gasteiger partial charge in [0.25, 0.3) is 0 Å². The average molecular weight is 307 g/mol. The lowest BCUT2D eigenvalue weighted by molar-refractivity contribution is 0.257. The van der Waals surface area contributed by atoms with Crippen LogP contribution < -0.4 is 5.32 Å². The topological polar surface area (TPSA) is 46.2 Å². The van der Waals surface area contributed by atoms with Crippen LogP contribution in [-0.4, -0.2) is 26.0 Å². The summed E-state index contributed by atoms with van der Waals surface area (Å²) in [4.78, 5) is 0. The quantitative estimate of drug-likeness (QED) is 0.930. The molecule has 0 bridgehead atoms. The molecule has 1 aliphatic carbocycles. The molecule has 1 aromatic carbocycles. The molecule has 2 atom stereocenters. The Kier molecular flexibility index (Phi) is 4.65. The summed E-state index contributed by atoms with van der Waals surface area (Å²) in [6.45, 7) is 0. The fourth-order valence-electron chi connectivity index (χ4n) is 3.81. The van der Waals surface area contributed by atoms with E-state index in [1.54, 1.807) is 0 Å². The van der Waals surface area contributed by atoms with Crippen molar-refractivity contribution in [2.24, 2.45) is 5.92 Å². The van der Waals surface area contributed by atoms with Crippen LogP contribution in [0.3, 0.4) is 0 Å². The Balaban J connectivity index is 1.76. The summed E-state index contributed by atoms with van der Waals surface area (Å²) in [7, 11) is -2.82. The lowest BCUT2D eigenvalue weighted by atomic mass is 9.81. The second-order valence-corrected chi connectivity index (χ2v) is 8.78. The maximum Gasteiger partial charge on any atom is 0.151 e. The van der Waals surface area contributed by atoms with Crippen LogP contribution in [-0.2, 0) is 9.84 Å². The summed E-state index contributed by atoms with van der Waals surface area (Å²) >= 11 is 0. The van der Waals surface area contributed by atoms with Crippen molar-refractivity contribution in [1.82, 2.24) is 5.32 Å². The van der Waals surface area contributed by atoms with Gasteiger partial charge in [-0.25, -0.2) is 8.42 Å². The van der Waals surface area contributed by atoms with Gasteiger partial charge in [0, 0.05) is 12.1 Å². The van der Waals surface area contributed by atoms with Gasteiger partial charge in [0.1, 0.15) is 0 Å². The standard InChI is InChI=1S/C17H25NO2S/c19-21(20)12-11-16(13-21)18-17(14-7-3-1-4-8-14)15-9-5-2-6-10-15/h1,3-4,7-8,15-18H,2,5-6,9-13H2. The summed E-state index contributed by atoms with van der Waals surface area (Å²) in [6.07, 6.45) is 7.23. The van der Waals surface area contributed by atoms with Crippen molar-refractivity contribution < 1.29 is 8.42 Å². The minimum atomic E-state index is -2.82. The van der Waals surface area contributed by atoms with Crippen molar-refractivity contribution >= 4 is 9.84 Å². The van der Waals surface area contributed by atoms with E-state index in [1.807, 2.05) is 6.07 Å². The van der Waals surface area contributed by atoms with Crippen LogP contribution in [0.5, 0.6) is 0 Å². The molecule has 3 rings (SSSR count). The molecule has 1 heterocycles. The van der Waals surface area contributed by atoms with E-state index in [2.05, 4.69) is 29.6 Å². The first-order valence-electron chi connectivity index (χ1n) is 8.15. The van der Waals surface area contributed by atoms with E-state index >= 15 is 0 Å². The van der Waals surface area contributed by atoms with E-state index in [-0.39, 0.29) is 6.04 Å². The zero-order chi connectivity index (χ0) is 14.7. The SMILES string of the molecule is O=S1(=O)CCC(NC(c2ccccc2)C2CCCCC2)C1. The van der Waals surface area contributed by atoms with E-state index in [9.17, 15) is 8.42 Å². The average Bonchev–Trinajstić information content (AvgIpc) is 2.86. The van der Waals surface area contributed by atoms with E-state index in [0.717, 1.165) is 6.42 Å². The van der Waals surface area contributed by atoms with Crippen LogP contribution in [0.4, 0.5) is 0 Å². The fraction of sp³-hybridized carbons (Fsp3) is 0.647. The third kappa shape index (κ3) is 3.86. The molecule has 4 heteroatoms. The van der Waals surface area contributed by atoms with Crippen LogP contribution in [0.1, 0.15) is 50.1 Å². The smallest absolute Gasteiger partial charge is 0.151 e. The minimum absolute atomic E-state index is 0.127. The van der Waals surface area contributed by atoms with E-state index in [4.69, 9.17) is 0 Å². The number of hydrogen-bond acceptors (Lipinski definition) is 3. The summed E-state index contributed by atoms with van der Waals surface area (Å²) in [5, 5.41) is 3.68. The highest BCUT2D eigenvalue weighted by atomic mass is 32.2. The molecule has 1 N–H and O–H groups in total. The predicted molar refractivity (Wildman–Crippen MR) is 86.0 cm³/mol. The zero-order valence-corrected chi connectivity index (χ0v) is 13.3. The Hall–Kier alpha value is -0.870. The first-order valence-corrected chi connectivity index (χ1v) is 9.98. The summed E-state index contributed by atoms with van der Waals surface area (Å²) in [5.74, 6) is 1.30. The van der Waals surface area contributed by atoms with Crippen molar-refractivity contribution in [3.05, 3.63) is 35.9 Å². The van der Waals surface area contributed by atoms with Crippen molar-refractivity contribution in [2.45, 2.75) is 50.6 Å². The molecule has 1 saturated carbocycles.